The van der Waals surface area contributed by atoms with Crippen LogP contribution in [-0.4, -0.2) is 27.3 Å². The van der Waals surface area contributed by atoms with Gasteiger partial charge in [-0.05, 0) is 18.2 Å². The van der Waals surface area contributed by atoms with Crippen LogP contribution in [-0.2, 0) is 6.54 Å². The van der Waals surface area contributed by atoms with Gasteiger partial charge in [-0.25, -0.2) is 9.38 Å². The summed E-state index contributed by atoms with van der Waals surface area (Å²) in [5.74, 6) is 0.864. The average Bonchev–Trinajstić information content (AvgIpc) is 2.72. The number of nitriles is 1. The Bertz CT molecular complexity index is 870. The summed E-state index contributed by atoms with van der Waals surface area (Å²) in [6.07, 6.45) is 0. The lowest BCUT2D eigenvalue weighted by Gasteiger charge is -2.07. The molecule has 0 aliphatic heterocycles. The molecule has 2 aromatic carbocycles. The number of aliphatic imine (C=N–C) groups is 2. The normalized spacial score (nSPS) is 9.07. The van der Waals surface area contributed by atoms with E-state index in [9.17, 15) is 4.39 Å². The van der Waals surface area contributed by atoms with Crippen LogP contribution in [0.3, 0.4) is 0 Å². The van der Waals surface area contributed by atoms with Gasteiger partial charge in [0.25, 0.3) is 0 Å². The minimum atomic E-state index is -0.577. The number of methoxy groups -OCH3 is 3. The third-order valence-electron chi connectivity index (χ3n) is 3.36. The van der Waals surface area contributed by atoms with Crippen LogP contribution >= 0.6 is 0 Å². The number of benzene rings is 2. The quantitative estimate of drug-likeness (QED) is 0.686. The van der Waals surface area contributed by atoms with E-state index in [1.54, 1.807) is 26.4 Å². The first-order chi connectivity index (χ1) is 13.1. The van der Waals surface area contributed by atoms with Crippen molar-refractivity contribution in [1.82, 2.24) is 0 Å². The predicted molar refractivity (Wildman–Crippen MR) is 102 cm³/mol. The van der Waals surface area contributed by atoms with Gasteiger partial charge in [-0.1, -0.05) is 13.8 Å². The molecule has 0 aromatic heterocycles. The molecule has 0 aliphatic carbocycles. The van der Waals surface area contributed by atoms with Crippen molar-refractivity contribution in [1.29, 1.82) is 5.26 Å². The Hall–Kier alpha value is -3.36. The van der Waals surface area contributed by atoms with E-state index in [4.69, 9.17) is 19.5 Å². The minimum Gasteiger partial charge on any atom is -0.497 e. The van der Waals surface area contributed by atoms with Crippen molar-refractivity contribution >= 4 is 11.7 Å². The van der Waals surface area contributed by atoms with Crippen LogP contribution in [0.4, 0.5) is 10.1 Å². The highest BCUT2D eigenvalue weighted by atomic mass is 19.1. The van der Waals surface area contributed by atoms with Gasteiger partial charge in [0, 0.05) is 17.7 Å². The zero-order valence-corrected chi connectivity index (χ0v) is 16.0. The topological polar surface area (TPSA) is 76.2 Å². The Balaban J connectivity index is 0.00000176. The third kappa shape index (κ3) is 5.84. The van der Waals surface area contributed by atoms with E-state index in [0.717, 1.165) is 17.7 Å². The molecule has 0 radical (unpaired) electrons. The first-order valence-corrected chi connectivity index (χ1v) is 8.23. The summed E-state index contributed by atoms with van der Waals surface area (Å²) in [5.41, 5.74) is 1.04. The summed E-state index contributed by atoms with van der Waals surface area (Å²) >= 11 is 0. The lowest BCUT2D eigenvalue weighted by molar-refractivity contribution is 0.391. The summed E-state index contributed by atoms with van der Waals surface area (Å²) in [4.78, 5) is 8.07. The standard InChI is InChI=1S/C18H16FN3O3.C2H6/c1-23-15-5-4-12(16(8-15)24-2)10-21-11-22-18-13(9-20)6-14(19)7-17(18)25-3;1-2/h4-8H,10H2,1-3H3;1-2H3. The molecule has 0 amide bonds. The Morgan fingerprint density at radius 1 is 1.00 bits per heavy atom. The highest BCUT2D eigenvalue weighted by molar-refractivity contribution is 5.67. The van der Waals surface area contributed by atoms with E-state index in [2.05, 4.69) is 16.0 Å². The van der Waals surface area contributed by atoms with Gasteiger partial charge in [0.1, 0.15) is 34.8 Å². The second-order valence-corrected chi connectivity index (χ2v) is 4.82. The highest BCUT2D eigenvalue weighted by Gasteiger charge is 2.10. The number of halogens is 1. The van der Waals surface area contributed by atoms with Gasteiger partial charge in [-0.15, -0.1) is 0 Å². The van der Waals surface area contributed by atoms with E-state index in [1.807, 2.05) is 26.0 Å². The maximum atomic E-state index is 13.4. The van der Waals surface area contributed by atoms with E-state index in [0.29, 0.717) is 11.5 Å². The van der Waals surface area contributed by atoms with Crippen LogP contribution in [0, 0.1) is 17.1 Å². The molecule has 0 saturated heterocycles. The third-order valence-corrected chi connectivity index (χ3v) is 3.36. The second-order valence-electron chi connectivity index (χ2n) is 4.82. The highest BCUT2D eigenvalue weighted by Crippen LogP contribution is 2.32. The second kappa shape index (κ2) is 11.3. The van der Waals surface area contributed by atoms with E-state index >= 15 is 0 Å². The molecule has 0 spiro atoms. The van der Waals surface area contributed by atoms with Crippen LogP contribution in [0.15, 0.2) is 40.3 Å². The maximum Gasteiger partial charge on any atom is 0.149 e. The van der Waals surface area contributed by atoms with Gasteiger partial charge in [0.2, 0.25) is 0 Å². The Kier molecular flexibility index (Phi) is 9.07. The molecule has 0 atom stereocenters. The fourth-order valence-corrected chi connectivity index (χ4v) is 2.12. The van der Waals surface area contributed by atoms with E-state index in [1.165, 1.54) is 7.11 Å². The Morgan fingerprint density at radius 2 is 1.70 bits per heavy atom. The summed E-state index contributed by atoms with van der Waals surface area (Å²) in [6.45, 7) is 4.27. The van der Waals surface area contributed by atoms with Crippen molar-refractivity contribution in [2.45, 2.75) is 20.4 Å². The van der Waals surface area contributed by atoms with Crippen molar-refractivity contribution in [3.8, 4) is 23.3 Å². The molecule has 0 saturated carbocycles. The zero-order valence-electron chi connectivity index (χ0n) is 16.0. The summed E-state index contributed by atoms with van der Waals surface area (Å²) in [7, 11) is 4.50. The van der Waals surface area contributed by atoms with Crippen molar-refractivity contribution in [3.05, 3.63) is 47.3 Å². The summed E-state index contributed by atoms with van der Waals surface area (Å²) in [6, 6.07) is 12.0. The largest absolute Gasteiger partial charge is 0.497 e. The molecule has 0 aliphatic rings. The molecule has 142 valence electrons. The first-order valence-electron chi connectivity index (χ1n) is 8.23. The van der Waals surface area contributed by atoms with Crippen molar-refractivity contribution in [2.75, 3.05) is 21.3 Å². The molecule has 2 rings (SSSR count). The fourth-order valence-electron chi connectivity index (χ4n) is 2.12. The molecule has 27 heavy (non-hydrogen) atoms. The van der Waals surface area contributed by atoms with Crippen LogP contribution < -0.4 is 14.2 Å². The predicted octanol–water partition coefficient (Wildman–Crippen LogP) is 4.75. The monoisotopic (exact) mass is 371 g/mol. The van der Waals surface area contributed by atoms with Gasteiger partial charge in [-0.3, -0.25) is 0 Å². The first kappa shape index (κ1) is 21.7. The van der Waals surface area contributed by atoms with Gasteiger partial charge in [0.15, 0.2) is 0 Å². The molecule has 0 heterocycles. The average molecular weight is 371 g/mol. The molecule has 0 fully saturated rings. The van der Waals surface area contributed by atoms with Crippen LogP contribution in [0.25, 0.3) is 0 Å². The van der Waals surface area contributed by atoms with Crippen molar-refractivity contribution in [2.24, 2.45) is 9.98 Å². The van der Waals surface area contributed by atoms with Crippen molar-refractivity contribution < 1.29 is 18.6 Å². The molecule has 6 nitrogen and oxygen atoms in total. The van der Waals surface area contributed by atoms with Gasteiger partial charge < -0.3 is 14.2 Å². The van der Waals surface area contributed by atoms with Gasteiger partial charge in [0.05, 0.1) is 39.4 Å². The lowest BCUT2D eigenvalue weighted by atomic mass is 10.2. The smallest absolute Gasteiger partial charge is 0.149 e. The maximum absolute atomic E-state index is 13.4. The summed E-state index contributed by atoms with van der Waals surface area (Å²) in [5, 5.41) is 9.10. The Labute approximate surface area is 158 Å². The number of nitrogens with zero attached hydrogens (tertiary/aromatic N) is 3. The molecule has 2 aromatic rings. The fraction of sp³-hybridized carbons (Fsp3) is 0.300. The molecule has 7 heteroatoms. The number of rotatable bonds is 6. The van der Waals surface area contributed by atoms with Gasteiger partial charge in [-0.2, -0.15) is 10.3 Å². The van der Waals surface area contributed by atoms with E-state index < -0.39 is 5.82 Å². The molecule has 0 bridgehead atoms. The number of hydrogen-bond acceptors (Lipinski definition) is 6. The van der Waals surface area contributed by atoms with Crippen molar-refractivity contribution in [3.63, 3.8) is 0 Å². The molecule has 0 N–H and O–H groups in total. The van der Waals surface area contributed by atoms with Crippen LogP contribution in [0.5, 0.6) is 17.2 Å². The SMILES string of the molecule is CC.COc1ccc(CN=C=Nc2c(C#N)cc(F)cc2OC)c(OC)c1. The number of hydrogen-bond donors (Lipinski definition) is 0. The van der Waals surface area contributed by atoms with Gasteiger partial charge >= 0.3 is 0 Å². The van der Waals surface area contributed by atoms with Crippen LogP contribution in [0.2, 0.25) is 0 Å². The van der Waals surface area contributed by atoms with Crippen LogP contribution in [0.1, 0.15) is 25.0 Å². The minimum absolute atomic E-state index is 0.0431. The molecule has 0 unspecified atom stereocenters. The summed E-state index contributed by atoms with van der Waals surface area (Å²) < 4.78 is 28.9. The Morgan fingerprint density at radius 3 is 2.30 bits per heavy atom. The molecular formula is C20H22FN3O3. The lowest BCUT2D eigenvalue weighted by Crippen LogP contribution is -1.92. The zero-order chi connectivity index (χ0) is 20.2. The number of ether oxygens (including phenoxy) is 3. The van der Waals surface area contributed by atoms with E-state index in [-0.39, 0.29) is 23.5 Å². The molecular weight excluding hydrogens is 349 g/mol.